The van der Waals surface area contributed by atoms with Gasteiger partial charge in [0.2, 0.25) is 5.75 Å². The summed E-state index contributed by atoms with van der Waals surface area (Å²) < 4.78 is 15.7. The van der Waals surface area contributed by atoms with Crippen LogP contribution in [0.5, 0.6) is 17.2 Å². The molecule has 0 aromatic heterocycles. The number of carbonyl (C=O) groups excluding carboxylic acids is 1. The second-order valence-corrected chi connectivity index (χ2v) is 5.00. The third-order valence-corrected chi connectivity index (χ3v) is 3.34. The number of carbonyl (C=O) groups is 1. The largest absolute Gasteiger partial charge is 0.493 e. The van der Waals surface area contributed by atoms with Gasteiger partial charge in [0.25, 0.3) is 5.91 Å². The molecule has 1 N–H and O–H groups in total. The predicted octanol–water partition coefficient (Wildman–Crippen LogP) is 2.85. The van der Waals surface area contributed by atoms with Gasteiger partial charge in [-0.2, -0.15) is 0 Å². The highest BCUT2D eigenvalue weighted by atomic mass is 35.5. The summed E-state index contributed by atoms with van der Waals surface area (Å²) in [5.74, 6) is 1.78. The number of hydrogen-bond donors (Lipinski definition) is 1. The Morgan fingerprint density at radius 3 is 2.19 bits per heavy atom. The molecular formula is C15H22ClNO4. The Kier molecular flexibility index (Phi) is 7.15. The number of ether oxygens (including phenoxy) is 3. The Hall–Kier alpha value is -1.62. The first-order chi connectivity index (χ1) is 10.1. The van der Waals surface area contributed by atoms with Crippen molar-refractivity contribution in [3.63, 3.8) is 0 Å². The predicted molar refractivity (Wildman–Crippen MR) is 83.0 cm³/mol. The van der Waals surface area contributed by atoms with Crippen LogP contribution >= 0.6 is 11.6 Å². The lowest BCUT2D eigenvalue weighted by atomic mass is 10.1. The van der Waals surface area contributed by atoms with E-state index in [1.54, 1.807) is 12.1 Å². The van der Waals surface area contributed by atoms with Crippen LogP contribution in [0.3, 0.4) is 0 Å². The Morgan fingerprint density at radius 2 is 1.76 bits per heavy atom. The molecule has 1 amide bonds. The molecule has 0 bridgehead atoms. The highest BCUT2D eigenvalue weighted by Crippen LogP contribution is 2.38. The Morgan fingerprint density at radius 1 is 1.19 bits per heavy atom. The third kappa shape index (κ3) is 4.70. The number of halogens is 1. The second kappa shape index (κ2) is 8.62. The average molecular weight is 316 g/mol. The maximum absolute atomic E-state index is 12.3. The number of rotatable bonds is 8. The minimum Gasteiger partial charge on any atom is -0.493 e. The molecule has 0 saturated heterocycles. The van der Waals surface area contributed by atoms with Crippen molar-refractivity contribution in [1.82, 2.24) is 5.32 Å². The first-order valence-electron chi connectivity index (χ1n) is 6.74. The molecule has 0 aliphatic heterocycles. The van der Waals surface area contributed by atoms with Crippen LogP contribution in [0.1, 0.15) is 30.1 Å². The van der Waals surface area contributed by atoms with Gasteiger partial charge in [0.1, 0.15) is 0 Å². The molecule has 0 fully saturated rings. The van der Waals surface area contributed by atoms with Crippen LogP contribution < -0.4 is 19.5 Å². The van der Waals surface area contributed by atoms with Gasteiger partial charge in [-0.25, -0.2) is 0 Å². The molecule has 1 aromatic carbocycles. The fourth-order valence-electron chi connectivity index (χ4n) is 1.97. The molecule has 1 rings (SSSR count). The van der Waals surface area contributed by atoms with Gasteiger partial charge in [-0.3, -0.25) is 4.79 Å². The van der Waals surface area contributed by atoms with E-state index in [0.29, 0.717) is 28.7 Å². The normalized spacial score (nSPS) is 11.7. The summed E-state index contributed by atoms with van der Waals surface area (Å²) in [6.45, 7) is 1.95. The van der Waals surface area contributed by atoms with Gasteiger partial charge in [0.15, 0.2) is 11.5 Å². The minimum atomic E-state index is -0.184. The molecule has 0 spiro atoms. The molecule has 21 heavy (non-hydrogen) atoms. The van der Waals surface area contributed by atoms with Crippen LogP contribution in [0.25, 0.3) is 0 Å². The van der Waals surface area contributed by atoms with Gasteiger partial charge in [0.05, 0.1) is 21.3 Å². The summed E-state index contributed by atoms with van der Waals surface area (Å²) in [6.07, 6.45) is 1.69. The zero-order chi connectivity index (χ0) is 15.8. The average Bonchev–Trinajstić information content (AvgIpc) is 2.51. The minimum absolute atomic E-state index is 0.0512. The van der Waals surface area contributed by atoms with Gasteiger partial charge in [-0.1, -0.05) is 0 Å². The molecule has 1 atom stereocenters. The van der Waals surface area contributed by atoms with Crippen LogP contribution in [0, 0.1) is 0 Å². The fourth-order valence-corrected chi connectivity index (χ4v) is 2.13. The van der Waals surface area contributed by atoms with E-state index < -0.39 is 0 Å². The number of benzene rings is 1. The molecule has 118 valence electrons. The molecule has 0 aliphatic rings. The molecule has 1 unspecified atom stereocenters. The van der Waals surface area contributed by atoms with Crippen LogP contribution in [-0.4, -0.2) is 39.2 Å². The molecule has 0 aliphatic carbocycles. The molecule has 0 radical (unpaired) electrons. The second-order valence-electron chi connectivity index (χ2n) is 4.62. The van der Waals surface area contributed by atoms with E-state index in [0.717, 1.165) is 12.8 Å². The van der Waals surface area contributed by atoms with Gasteiger partial charge < -0.3 is 19.5 Å². The van der Waals surface area contributed by atoms with Crippen molar-refractivity contribution >= 4 is 17.5 Å². The number of nitrogens with one attached hydrogen (secondary N) is 1. The van der Waals surface area contributed by atoms with E-state index in [2.05, 4.69) is 5.32 Å². The Labute approximate surface area is 130 Å². The first kappa shape index (κ1) is 17.4. The van der Waals surface area contributed by atoms with Crippen LogP contribution in [0.15, 0.2) is 12.1 Å². The molecule has 6 heteroatoms. The number of amides is 1. The summed E-state index contributed by atoms with van der Waals surface area (Å²) in [7, 11) is 4.55. The number of alkyl halides is 1. The lowest BCUT2D eigenvalue weighted by Gasteiger charge is -2.16. The van der Waals surface area contributed by atoms with Gasteiger partial charge >= 0.3 is 0 Å². The van der Waals surface area contributed by atoms with Crippen molar-refractivity contribution in [3.8, 4) is 17.2 Å². The quantitative estimate of drug-likeness (QED) is 0.749. The molecular weight excluding hydrogens is 294 g/mol. The topological polar surface area (TPSA) is 56.8 Å². The van der Waals surface area contributed by atoms with Crippen molar-refractivity contribution in [2.24, 2.45) is 0 Å². The van der Waals surface area contributed by atoms with Crippen LogP contribution in [0.2, 0.25) is 0 Å². The standard InChI is InChI=1S/C15H22ClNO4/c1-10(6-5-7-16)17-15(18)11-8-12(19-2)14(21-4)13(9-11)20-3/h8-10H,5-7H2,1-4H3,(H,17,18). The smallest absolute Gasteiger partial charge is 0.251 e. The van der Waals surface area contributed by atoms with E-state index in [1.165, 1.54) is 21.3 Å². The molecule has 1 aromatic rings. The lowest BCUT2D eigenvalue weighted by Crippen LogP contribution is -2.32. The number of methoxy groups -OCH3 is 3. The van der Waals surface area contributed by atoms with Crippen molar-refractivity contribution in [3.05, 3.63) is 17.7 Å². The van der Waals surface area contributed by atoms with E-state index in [4.69, 9.17) is 25.8 Å². The summed E-state index contributed by atoms with van der Waals surface area (Å²) in [4.78, 5) is 12.3. The Bertz CT molecular complexity index is 454. The zero-order valence-electron chi connectivity index (χ0n) is 12.9. The SMILES string of the molecule is COc1cc(C(=O)NC(C)CCCCl)cc(OC)c1OC. The van der Waals surface area contributed by atoms with Gasteiger partial charge in [-0.05, 0) is 31.9 Å². The van der Waals surface area contributed by atoms with Gasteiger partial charge in [0, 0.05) is 17.5 Å². The highest BCUT2D eigenvalue weighted by molar-refractivity contribution is 6.17. The van der Waals surface area contributed by atoms with Crippen molar-refractivity contribution < 1.29 is 19.0 Å². The van der Waals surface area contributed by atoms with E-state index >= 15 is 0 Å². The summed E-state index contributed by atoms with van der Waals surface area (Å²) in [6, 6.07) is 3.31. The molecule has 0 saturated carbocycles. The monoisotopic (exact) mass is 315 g/mol. The lowest BCUT2D eigenvalue weighted by molar-refractivity contribution is 0.0937. The summed E-state index contributed by atoms with van der Waals surface area (Å²) in [5.41, 5.74) is 0.460. The van der Waals surface area contributed by atoms with E-state index in [9.17, 15) is 4.79 Å². The van der Waals surface area contributed by atoms with Crippen molar-refractivity contribution in [2.75, 3.05) is 27.2 Å². The maximum atomic E-state index is 12.3. The first-order valence-corrected chi connectivity index (χ1v) is 7.27. The van der Waals surface area contributed by atoms with Crippen LogP contribution in [0.4, 0.5) is 0 Å². The summed E-state index contributed by atoms with van der Waals surface area (Å²) >= 11 is 5.65. The maximum Gasteiger partial charge on any atom is 0.251 e. The van der Waals surface area contributed by atoms with E-state index in [1.807, 2.05) is 6.92 Å². The van der Waals surface area contributed by atoms with Crippen LogP contribution in [-0.2, 0) is 0 Å². The third-order valence-electron chi connectivity index (χ3n) is 3.08. The van der Waals surface area contributed by atoms with Crippen molar-refractivity contribution in [2.45, 2.75) is 25.8 Å². The highest BCUT2D eigenvalue weighted by Gasteiger charge is 2.17. The fraction of sp³-hybridized carbons (Fsp3) is 0.533. The number of hydrogen-bond acceptors (Lipinski definition) is 4. The van der Waals surface area contributed by atoms with Gasteiger partial charge in [-0.15, -0.1) is 11.6 Å². The molecule has 0 heterocycles. The molecule has 5 nitrogen and oxygen atoms in total. The van der Waals surface area contributed by atoms with E-state index in [-0.39, 0.29) is 11.9 Å². The summed E-state index contributed by atoms with van der Waals surface area (Å²) in [5, 5.41) is 2.92. The van der Waals surface area contributed by atoms with Crippen molar-refractivity contribution in [1.29, 1.82) is 0 Å². The zero-order valence-corrected chi connectivity index (χ0v) is 13.6. The Balaban J connectivity index is 2.94.